The molecule has 0 aromatic rings. The van der Waals surface area contributed by atoms with E-state index in [0.717, 1.165) is 58.9 Å². The minimum Gasteiger partial charge on any atom is -0.315 e. The van der Waals surface area contributed by atoms with E-state index in [4.69, 9.17) is 0 Å². The van der Waals surface area contributed by atoms with E-state index in [9.17, 15) is 0 Å². The maximum atomic E-state index is 3.65. The van der Waals surface area contributed by atoms with Gasteiger partial charge in [-0.15, -0.1) is 0 Å². The SMILES string of the molecule is CC1CNCCNCCNCCNCCNC1(C)C. The van der Waals surface area contributed by atoms with Gasteiger partial charge in [-0.1, -0.05) is 6.92 Å². The van der Waals surface area contributed by atoms with Gasteiger partial charge in [-0.2, -0.15) is 0 Å². The van der Waals surface area contributed by atoms with Crippen LogP contribution in [0.4, 0.5) is 0 Å². The molecule has 114 valence electrons. The summed E-state index contributed by atoms with van der Waals surface area (Å²) in [6.45, 7) is 16.3. The van der Waals surface area contributed by atoms with Crippen LogP contribution in [0.2, 0.25) is 0 Å². The van der Waals surface area contributed by atoms with Crippen molar-refractivity contribution in [3.05, 3.63) is 0 Å². The van der Waals surface area contributed by atoms with Gasteiger partial charge in [0, 0.05) is 57.9 Å². The smallest absolute Gasteiger partial charge is 0.0163 e. The van der Waals surface area contributed by atoms with Crippen molar-refractivity contribution < 1.29 is 0 Å². The summed E-state index contributed by atoms with van der Waals surface area (Å²) in [7, 11) is 0. The highest BCUT2D eigenvalue weighted by atomic mass is 15.0. The monoisotopic (exact) mass is 271 g/mol. The van der Waals surface area contributed by atoms with Gasteiger partial charge in [0.05, 0.1) is 0 Å². The van der Waals surface area contributed by atoms with Gasteiger partial charge in [0.2, 0.25) is 0 Å². The molecule has 0 bridgehead atoms. The van der Waals surface area contributed by atoms with Crippen molar-refractivity contribution in [1.29, 1.82) is 0 Å². The molecule has 0 aromatic heterocycles. The van der Waals surface area contributed by atoms with Gasteiger partial charge in [0.25, 0.3) is 0 Å². The fourth-order valence-corrected chi connectivity index (χ4v) is 2.13. The number of hydrogen-bond donors (Lipinski definition) is 5. The predicted octanol–water partition coefficient (Wildman–Crippen LogP) is -0.637. The molecule has 5 heteroatoms. The zero-order valence-corrected chi connectivity index (χ0v) is 12.9. The van der Waals surface area contributed by atoms with E-state index < -0.39 is 0 Å². The van der Waals surface area contributed by atoms with Crippen LogP contribution in [-0.2, 0) is 0 Å². The fourth-order valence-electron chi connectivity index (χ4n) is 2.13. The normalized spacial score (nSPS) is 28.9. The Morgan fingerprint density at radius 3 is 1.63 bits per heavy atom. The summed E-state index contributed by atoms with van der Waals surface area (Å²) in [5.74, 6) is 0.613. The van der Waals surface area contributed by atoms with Crippen LogP contribution in [0.15, 0.2) is 0 Å². The lowest BCUT2D eigenvalue weighted by atomic mass is 9.89. The van der Waals surface area contributed by atoms with Gasteiger partial charge in [0.15, 0.2) is 0 Å². The third-order valence-electron chi connectivity index (χ3n) is 4.00. The summed E-state index contributed by atoms with van der Waals surface area (Å²) >= 11 is 0. The van der Waals surface area contributed by atoms with Crippen molar-refractivity contribution in [1.82, 2.24) is 26.6 Å². The van der Waals surface area contributed by atoms with E-state index >= 15 is 0 Å². The van der Waals surface area contributed by atoms with Crippen LogP contribution in [0.25, 0.3) is 0 Å². The molecule has 0 spiro atoms. The molecule has 1 saturated heterocycles. The molecule has 0 saturated carbocycles. The summed E-state index contributed by atoms with van der Waals surface area (Å²) < 4.78 is 0. The van der Waals surface area contributed by atoms with Gasteiger partial charge in [-0.25, -0.2) is 0 Å². The molecule has 1 rings (SSSR count). The average molecular weight is 271 g/mol. The lowest BCUT2D eigenvalue weighted by Crippen LogP contribution is -2.51. The highest BCUT2D eigenvalue weighted by Gasteiger charge is 2.24. The number of hydrogen-bond acceptors (Lipinski definition) is 5. The standard InChI is InChI=1S/C14H33N5/c1-13-12-18-9-8-16-5-4-15-6-7-17-10-11-19-14(13,2)3/h13,15-19H,4-12H2,1-3H3. The first-order valence-electron chi connectivity index (χ1n) is 7.71. The van der Waals surface area contributed by atoms with E-state index in [2.05, 4.69) is 47.4 Å². The second-order valence-electron chi connectivity index (χ2n) is 6.00. The predicted molar refractivity (Wildman–Crippen MR) is 82.7 cm³/mol. The summed E-state index contributed by atoms with van der Waals surface area (Å²) in [5.41, 5.74) is 0.178. The lowest BCUT2D eigenvalue weighted by Gasteiger charge is -2.33. The first-order valence-corrected chi connectivity index (χ1v) is 7.71. The molecule has 1 aliphatic rings. The second kappa shape index (κ2) is 9.66. The van der Waals surface area contributed by atoms with Crippen LogP contribution in [0.5, 0.6) is 0 Å². The first kappa shape index (κ1) is 16.9. The first-order chi connectivity index (χ1) is 9.13. The average Bonchev–Trinajstić information content (AvgIpc) is 2.37. The van der Waals surface area contributed by atoms with Gasteiger partial charge >= 0.3 is 0 Å². The quantitative estimate of drug-likeness (QED) is 0.406. The summed E-state index contributed by atoms with van der Waals surface area (Å²) in [6.07, 6.45) is 0. The molecule has 1 atom stereocenters. The van der Waals surface area contributed by atoms with Crippen LogP contribution in [-0.4, -0.2) is 64.4 Å². The molecule has 5 N–H and O–H groups in total. The zero-order valence-electron chi connectivity index (χ0n) is 12.9. The lowest BCUT2D eigenvalue weighted by molar-refractivity contribution is 0.262. The molecule has 1 unspecified atom stereocenters. The van der Waals surface area contributed by atoms with Crippen LogP contribution < -0.4 is 26.6 Å². The molecular weight excluding hydrogens is 238 g/mol. The number of nitrogens with one attached hydrogen (secondary N) is 5. The van der Waals surface area contributed by atoms with Crippen molar-refractivity contribution in [2.45, 2.75) is 26.3 Å². The van der Waals surface area contributed by atoms with Crippen molar-refractivity contribution in [2.75, 3.05) is 58.9 Å². The molecular formula is C14H33N5. The molecule has 5 nitrogen and oxygen atoms in total. The van der Waals surface area contributed by atoms with Crippen molar-refractivity contribution in [3.8, 4) is 0 Å². The molecule has 0 radical (unpaired) electrons. The van der Waals surface area contributed by atoms with E-state index in [1.54, 1.807) is 0 Å². The minimum absolute atomic E-state index is 0.178. The topological polar surface area (TPSA) is 60.1 Å². The second-order valence-corrected chi connectivity index (χ2v) is 6.00. The van der Waals surface area contributed by atoms with Gasteiger partial charge in [-0.3, -0.25) is 0 Å². The third-order valence-corrected chi connectivity index (χ3v) is 4.00. The maximum absolute atomic E-state index is 3.65. The van der Waals surface area contributed by atoms with Crippen molar-refractivity contribution >= 4 is 0 Å². The van der Waals surface area contributed by atoms with Gasteiger partial charge in [-0.05, 0) is 26.3 Å². The Morgan fingerprint density at radius 1 is 0.684 bits per heavy atom. The number of rotatable bonds is 0. The Hall–Kier alpha value is -0.200. The molecule has 0 aromatic carbocycles. The molecule has 19 heavy (non-hydrogen) atoms. The molecule has 1 heterocycles. The Kier molecular flexibility index (Phi) is 8.57. The van der Waals surface area contributed by atoms with Crippen LogP contribution in [0, 0.1) is 5.92 Å². The van der Waals surface area contributed by atoms with Gasteiger partial charge in [0.1, 0.15) is 0 Å². The Balaban J connectivity index is 2.31. The van der Waals surface area contributed by atoms with Crippen LogP contribution >= 0.6 is 0 Å². The fraction of sp³-hybridized carbons (Fsp3) is 1.00. The molecule has 0 amide bonds. The van der Waals surface area contributed by atoms with E-state index in [1.807, 2.05) is 0 Å². The highest BCUT2D eigenvalue weighted by molar-refractivity contribution is 4.85. The molecule has 1 aliphatic heterocycles. The summed E-state index contributed by atoms with van der Waals surface area (Å²) in [5, 5.41) is 17.5. The van der Waals surface area contributed by atoms with Crippen molar-refractivity contribution in [3.63, 3.8) is 0 Å². The van der Waals surface area contributed by atoms with Crippen LogP contribution in [0.1, 0.15) is 20.8 Å². The molecule has 1 fully saturated rings. The Labute approximate surface area is 118 Å². The van der Waals surface area contributed by atoms with Crippen molar-refractivity contribution in [2.24, 2.45) is 5.92 Å². The van der Waals surface area contributed by atoms with Gasteiger partial charge < -0.3 is 26.6 Å². The van der Waals surface area contributed by atoms with Crippen LogP contribution in [0.3, 0.4) is 0 Å². The van der Waals surface area contributed by atoms with E-state index in [-0.39, 0.29) is 5.54 Å². The zero-order chi connectivity index (χ0) is 14.0. The summed E-state index contributed by atoms with van der Waals surface area (Å²) in [4.78, 5) is 0. The Bertz CT molecular complexity index is 220. The summed E-state index contributed by atoms with van der Waals surface area (Å²) in [6, 6.07) is 0. The Morgan fingerprint density at radius 2 is 1.11 bits per heavy atom. The highest BCUT2D eigenvalue weighted by Crippen LogP contribution is 2.14. The van der Waals surface area contributed by atoms with E-state index in [0.29, 0.717) is 5.92 Å². The molecule has 0 aliphatic carbocycles. The largest absolute Gasteiger partial charge is 0.315 e. The third kappa shape index (κ3) is 7.84. The minimum atomic E-state index is 0.178. The maximum Gasteiger partial charge on any atom is 0.0163 e. The van der Waals surface area contributed by atoms with E-state index in [1.165, 1.54) is 0 Å².